The van der Waals surface area contributed by atoms with Crippen LogP contribution in [0.1, 0.15) is 28.9 Å². The largest absolute Gasteiger partial charge is 0.454 e. The molecule has 0 aliphatic rings. The number of carbonyl (C=O) groups excluding carboxylic acids is 1. The van der Waals surface area contributed by atoms with Gasteiger partial charge in [-0.15, -0.1) is 0 Å². The first-order valence-corrected chi connectivity index (χ1v) is 10.7. The zero-order valence-electron chi connectivity index (χ0n) is 15.9. The first-order chi connectivity index (χ1) is 13.8. The van der Waals surface area contributed by atoms with Crippen molar-refractivity contribution in [3.63, 3.8) is 0 Å². The highest BCUT2D eigenvalue weighted by atomic mass is 35.5. The SMILES string of the molecule is CC(OC(=O)c1cccc(S(=O)(=O)N(C)c2cccc(Cl)c2)c1)c1ccccc1. The first-order valence-electron chi connectivity index (χ1n) is 8.89. The molecule has 0 fully saturated rings. The van der Waals surface area contributed by atoms with Crippen molar-refractivity contribution in [3.8, 4) is 0 Å². The van der Waals surface area contributed by atoms with Gasteiger partial charge in [0.05, 0.1) is 16.1 Å². The third kappa shape index (κ3) is 4.78. The number of hydrogen-bond acceptors (Lipinski definition) is 4. The maximum absolute atomic E-state index is 13.0. The van der Waals surface area contributed by atoms with E-state index in [4.69, 9.17) is 16.3 Å². The average Bonchev–Trinajstić information content (AvgIpc) is 2.73. The van der Waals surface area contributed by atoms with E-state index in [0.717, 1.165) is 9.87 Å². The van der Waals surface area contributed by atoms with Gasteiger partial charge in [0.1, 0.15) is 6.10 Å². The number of hydrogen-bond donors (Lipinski definition) is 0. The molecule has 3 aromatic carbocycles. The maximum atomic E-state index is 13.0. The van der Waals surface area contributed by atoms with E-state index in [1.165, 1.54) is 31.3 Å². The van der Waals surface area contributed by atoms with E-state index in [0.29, 0.717) is 10.7 Å². The minimum Gasteiger partial charge on any atom is -0.454 e. The van der Waals surface area contributed by atoms with E-state index < -0.39 is 22.1 Å². The van der Waals surface area contributed by atoms with Gasteiger partial charge in [0.2, 0.25) is 0 Å². The molecule has 0 N–H and O–H groups in total. The van der Waals surface area contributed by atoms with Crippen molar-refractivity contribution in [2.45, 2.75) is 17.9 Å². The topological polar surface area (TPSA) is 63.7 Å². The number of carbonyl (C=O) groups is 1. The number of nitrogens with zero attached hydrogens (tertiary/aromatic N) is 1. The molecule has 1 unspecified atom stereocenters. The Morgan fingerprint density at radius 3 is 2.34 bits per heavy atom. The number of sulfonamides is 1. The van der Waals surface area contributed by atoms with Gasteiger partial charge in [-0.2, -0.15) is 0 Å². The molecule has 0 heterocycles. The number of esters is 1. The molecular formula is C22H20ClNO4S. The van der Waals surface area contributed by atoms with Crippen molar-refractivity contribution >= 4 is 33.3 Å². The van der Waals surface area contributed by atoms with Crippen LogP contribution in [0.4, 0.5) is 5.69 Å². The Hall–Kier alpha value is -2.83. The van der Waals surface area contributed by atoms with Crippen LogP contribution in [0.15, 0.2) is 83.8 Å². The van der Waals surface area contributed by atoms with Gasteiger partial charge in [-0.05, 0) is 48.9 Å². The van der Waals surface area contributed by atoms with Crippen LogP contribution in [0.25, 0.3) is 0 Å². The average molecular weight is 430 g/mol. The van der Waals surface area contributed by atoms with Gasteiger partial charge in [0, 0.05) is 12.1 Å². The summed E-state index contributed by atoms with van der Waals surface area (Å²) in [7, 11) is -2.44. The molecule has 0 saturated heterocycles. The van der Waals surface area contributed by atoms with Gasteiger partial charge < -0.3 is 4.74 Å². The van der Waals surface area contributed by atoms with Crippen molar-refractivity contribution in [2.24, 2.45) is 0 Å². The second-order valence-electron chi connectivity index (χ2n) is 6.44. The number of halogens is 1. The van der Waals surface area contributed by atoms with Crippen LogP contribution in [0.3, 0.4) is 0 Å². The third-order valence-corrected chi connectivity index (χ3v) is 6.47. The summed E-state index contributed by atoms with van der Waals surface area (Å²) in [6, 6.07) is 21.6. The van der Waals surface area contributed by atoms with Crippen molar-refractivity contribution in [3.05, 3.63) is 95.0 Å². The zero-order chi connectivity index (χ0) is 21.0. The normalized spacial score (nSPS) is 12.2. The van der Waals surface area contributed by atoms with E-state index in [2.05, 4.69) is 0 Å². The van der Waals surface area contributed by atoms with E-state index in [9.17, 15) is 13.2 Å². The van der Waals surface area contributed by atoms with Gasteiger partial charge in [-0.3, -0.25) is 4.31 Å². The van der Waals surface area contributed by atoms with E-state index >= 15 is 0 Å². The fourth-order valence-electron chi connectivity index (χ4n) is 2.77. The monoisotopic (exact) mass is 429 g/mol. The van der Waals surface area contributed by atoms with Gasteiger partial charge in [0.25, 0.3) is 10.0 Å². The van der Waals surface area contributed by atoms with Gasteiger partial charge in [-0.1, -0.05) is 54.1 Å². The Kier molecular flexibility index (Phi) is 6.25. The van der Waals surface area contributed by atoms with Crippen molar-refractivity contribution in [2.75, 3.05) is 11.4 Å². The molecule has 0 aliphatic carbocycles. The maximum Gasteiger partial charge on any atom is 0.338 e. The molecule has 0 saturated carbocycles. The summed E-state index contributed by atoms with van der Waals surface area (Å²) in [6.07, 6.45) is -0.460. The van der Waals surface area contributed by atoms with Gasteiger partial charge in [0.15, 0.2) is 0 Å². The summed E-state index contributed by atoms with van der Waals surface area (Å²) in [5, 5.41) is 0.428. The molecule has 0 radical (unpaired) electrons. The number of anilines is 1. The molecular weight excluding hydrogens is 410 g/mol. The molecule has 7 heteroatoms. The molecule has 0 amide bonds. The summed E-state index contributed by atoms with van der Waals surface area (Å²) >= 11 is 5.97. The highest BCUT2D eigenvalue weighted by molar-refractivity contribution is 7.92. The van der Waals surface area contributed by atoms with E-state index in [1.54, 1.807) is 31.2 Å². The fraction of sp³-hybridized carbons (Fsp3) is 0.136. The molecule has 150 valence electrons. The van der Waals surface area contributed by atoms with Crippen LogP contribution in [-0.4, -0.2) is 21.4 Å². The molecule has 0 aromatic heterocycles. The molecule has 3 aromatic rings. The predicted molar refractivity (Wildman–Crippen MR) is 114 cm³/mol. The molecule has 29 heavy (non-hydrogen) atoms. The Labute approximate surface area is 175 Å². The number of ether oxygens (including phenoxy) is 1. The molecule has 0 spiro atoms. The van der Waals surface area contributed by atoms with Crippen LogP contribution in [0, 0.1) is 0 Å². The van der Waals surface area contributed by atoms with Gasteiger partial charge >= 0.3 is 5.97 Å². The summed E-state index contributed by atoms with van der Waals surface area (Å²) < 4.78 is 32.6. The standard InChI is InChI=1S/C22H20ClNO4S/c1-16(17-8-4-3-5-9-17)28-22(25)18-10-6-13-21(14-18)29(26,27)24(2)20-12-7-11-19(23)15-20/h3-16H,1-2H3. The quantitative estimate of drug-likeness (QED) is 0.512. The fourth-order valence-corrected chi connectivity index (χ4v) is 4.19. The minimum atomic E-state index is -3.88. The van der Waals surface area contributed by atoms with Crippen LogP contribution in [-0.2, 0) is 14.8 Å². The highest BCUT2D eigenvalue weighted by Gasteiger charge is 2.23. The van der Waals surface area contributed by atoms with Crippen LogP contribution < -0.4 is 4.31 Å². The Morgan fingerprint density at radius 1 is 0.966 bits per heavy atom. The Morgan fingerprint density at radius 2 is 1.66 bits per heavy atom. The van der Waals surface area contributed by atoms with Crippen molar-refractivity contribution < 1.29 is 17.9 Å². The molecule has 1 atom stereocenters. The van der Waals surface area contributed by atoms with Crippen molar-refractivity contribution in [1.82, 2.24) is 0 Å². The molecule has 5 nitrogen and oxygen atoms in total. The number of benzene rings is 3. The third-order valence-electron chi connectivity index (χ3n) is 4.45. The second kappa shape index (κ2) is 8.68. The first kappa shape index (κ1) is 20.9. The van der Waals surface area contributed by atoms with Crippen LogP contribution in [0.5, 0.6) is 0 Å². The Balaban J connectivity index is 1.83. The highest BCUT2D eigenvalue weighted by Crippen LogP contribution is 2.26. The van der Waals surface area contributed by atoms with Crippen LogP contribution >= 0.6 is 11.6 Å². The lowest BCUT2D eigenvalue weighted by Gasteiger charge is -2.20. The summed E-state index contributed by atoms with van der Waals surface area (Å²) in [6.45, 7) is 1.76. The lowest BCUT2D eigenvalue weighted by atomic mass is 10.1. The molecule has 0 bridgehead atoms. The summed E-state index contributed by atoms with van der Waals surface area (Å²) in [4.78, 5) is 12.5. The van der Waals surface area contributed by atoms with Crippen molar-refractivity contribution in [1.29, 1.82) is 0 Å². The van der Waals surface area contributed by atoms with E-state index in [1.807, 2.05) is 30.3 Å². The van der Waals surface area contributed by atoms with E-state index in [-0.39, 0.29) is 10.5 Å². The molecule has 3 rings (SSSR count). The predicted octanol–water partition coefficient (Wildman–Crippen LogP) is 5.08. The lowest BCUT2D eigenvalue weighted by Crippen LogP contribution is -2.26. The summed E-state index contributed by atoms with van der Waals surface area (Å²) in [5.41, 5.74) is 1.43. The minimum absolute atomic E-state index is 0.0122. The second-order valence-corrected chi connectivity index (χ2v) is 8.84. The Bertz CT molecular complexity index is 1120. The molecule has 0 aliphatic heterocycles. The van der Waals surface area contributed by atoms with Gasteiger partial charge in [-0.25, -0.2) is 13.2 Å². The smallest absolute Gasteiger partial charge is 0.338 e. The van der Waals surface area contributed by atoms with Crippen LogP contribution in [0.2, 0.25) is 5.02 Å². The lowest BCUT2D eigenvalue weighted by molar-refractivity contribution is 0.0337. The number of rotatable bonds is 6. The zero-order valence-corrected chi connectivity index (χ0v) is 17.5. The summed E-state index contributed by atoms with van der Waals surface area (Å²) in [5.74, 6) is -0.594.